The van der Waals surface area contributed by atoms with Crippen LogP contribution in [0.2, 0.25) is 0 Å². The lowest BCUT2D eigenvalue weighted by atomic mass is 10.0. The van der Waals surface area contributed by atoms with Crippen molar-refractivity contribution in [2.75, 3.05) is 7.11 Å². The van der Waals surface area contributed by atoms with E-state index in [0.29, 0.717) is 17.7 Å². The number of benzene rings is 1. The molecular weight excluding hydrogens is 277 g/mol. The van der Waals surface area contributed by atoms with Crippen LogP contribution in [0.5, 0.6) is 5.75 Å². The van der Waals surface area contributed by atoms with E-state index in [1.54, 1.807) is 23.5 Å². The lowest BCUT2D eigenvalue weighted by molar-refractivity contribution is 0.409. The number of aryl methyl sites for hydroxylation is 2. The van der Waals surface area contributed by atoms with Gasteiger partial charge in [0.05, 0.1) is 23.9 Å². The van der Waals surface area contributed by atoms with Crippen molar-refractivity contribution in [1.29, 1.82) is 0 Å². The van der Waals surface area contributed by atoms with E-state index in [4.69, 9.17) is 10.6 Å². The van der Waals surface area contributed by atoms with Crippen molar-refractivity contribution >= 4 is 11.3 Å². The lowest BCUT2D eigenvalue weighted by Crippen LogP contribution is -2.30. The van der Waals surface area contributed by atoms with Crippen molar-refractivity contribution in [2.45, 2.75) is 26.3 Å². The largest absolute Gasteiger partial charge is 0.497 e. The molecule has 0 saturated heterocycles. The molecular formula is C14H18FN3OS. The maximum Gasteiger partial charge on any atom is 0.131 e. The molecule has 6 heteroatoms. The number of halogens is 1. The van der Waals surface area contributed by atoms with Crippen molar-refractivity contribution in [3.05, 3.63) is 45.2 Å². The Morgan fingerprint density at radius 2 is 2.20 bits per heavy atom. The normalized spacial score (nSPS) is 12.4. The summed E-state index contributed by atoms with van der Waals surface area (Å²) in [6, 6.07) is 4.45. The number of nitrogens with one attached hydrogen (secondary N) is 1. The van der Waals surface area contributed by atoms with Gasteiger partial charge in [-0.15, -0.1) is 11.3 Å². The van der Waals surface area contributed by atoms with Gasteiger partial charge in [-0.3, -0.25) is 11.3 Å². The first-order valence-corrected chi connectivity index (χ1v) is 7.09. The summed E-state index contributed by atoms with van der Waals surface area (Å²) in [6.45, 7) is 3.99. The minimum absolute atomic E-state index is 0.314. The highest BCUT2D eigenvalue weighted by Gasteiger charge is 2.18. The number of thiazole rings is 1. The molecule has 2 rings (SSSR count). The van der Waals surface area contributed by atoms with E-state index in [1.807, 2.05) is 13.8 Å². The number of hydrogen-bond donors (Lipinski definition) is 2. The van der Waals surface area contributed by atoms with Crippen LogP contribution in [-0.4, -0.2) is 12.1 Å². The van der Waals surface area contributed by atoms with Gasteiger partial charge in [0, 0.05) is 22.9 Å². The zero-order valence-corrected chi connectivity index (χ0v) is 12.6. The average molecular weight is 295 g/mol. The standard InChI is InChI=1S/C14H18FN3OS/c1-8-9(2)20-14(17-8)7-13(18-16)11-5-4-10(19-3)6-12(11)15/h4-6,13,18H,7,16H2,1-3H3. The fourth-order valence-corrected chi connectivity index (χ4v) is 2.96. The number of ether oxygens (including phenoxy) is 1. The molecule has 4 nitrogen and oxygen atoms in total. The third-order valence-corrected chi connectivity index (χ3v) is 4.33. The van der Waals surface area contributed by atoms with Gasteiger partial charge in [-0.25, -0.2) is 9.37 Å². The SMILES string of the molecule is COc1ccc(C(Cc2nc(C)c(C)s2)NN)c(F)c1. The number of methoxy groups -OCH3 is 1. The van der Waals surface area contributed by atoms with E-state index in [2.05, 4.69) is 10.4 Å². The van der Waals surface area contributed by atoms with Gasteiger partial charge in [0.25, 0.3) is 0 Å². The Hall–Kier alpha value is -1.50. The molecule has 1 atom stereocenters. The summed E-state index contributed by atoms with van der Waals surface area (Å²) in [5.74, 6) is 5.72. The minimum Gasteiger partial charge on any atom is -0.497 e. The summed E-state index contributed by atoms with van der Waals surface area (Å²) < 4.78 is 19.1. The van der Waals surface area contributed by atoms with Crippen LogP contribution in [0.15, 0.2) is 18.2 Å². The van der Waals surface area contributed by atoms with Crippen LogP contribution in [0.4, 0.5) is 4.39 Å². The molecule has 0 saturated carbocycles. The first-order chi connectivity index (χ1) is 9.55. The van der Waals surface area contributed by atoms with E-state index < -0.39 is 0 Å². The highest BCUT2D eigenvalue weighted by molar-refractivity contribution is 7.11. The third-order valence-electron chi connectivity index (χ3n) is 3.24. The van der Waals surface area contributed by atoms with Crippen molar-refractivity contribution in [1.82, 2.24) is 10.4 Å². The van der Waals surface area contributed by atoms with Gasteiger partial charge < -0.3 is 4.74 Å². The number of hydrazine groups is 1. The minimum atomic E-state index is -0.336. The molecule has 1 unspecified atom stereocenters. The number of nitrogens with zero attached hydrogens (tertiary/aromatic N) is 1. The van der Waals surface area contributed by atoms with Crippen LogP contribution in [0.25, 0.3) is 0 Å². The smallest absolute Gasteiger partial charge is 0.131 e. The Kier molecular flexibility index (Phi) is 4.69. The zero-order valence-electron chi connectivity index (χ0n) is 11.7. The fourth-order valence-electron chi connectivity index (χ4n) is 1.98. The first kappa shape index (κ1) is 14.9. The monoisotopic (exact) mass is 295 g/mol. The predicted molar refractivity (Wildman–Crippen MR) is 78.3 cm³/mol. The summed E-state index contributed by atoms with van der Waals surface area (Å²) >= 11 is 1.61. The third kappa shape index (κ3) is 3.15. The molecule has 108 valence electrons. The van der Waals surface area contributed by atoms with Gasteiger partial charge in [0.15, 0.2) is 0 Å². The Morgan fingerprint density at radius 3 is 2.70 bits per heavy atom. The molecule has 0 aliphatic heterocycles. The van der Waals surface area contributed by atoms with Crippen LogP contribution in [0.1, 0.15) is 27.2 Å². The van der Waals surface area contributed by atoms with Crippen LogP contribution < -0.4 is 16.0 Å². The van der Waals surface area contributed by atoms with Gasteiger partial charge in [0.1, 0.15) is 11.6 Å². The van der Waals surface area contributed by atoms with E-state index >= 15 is 0 Å². The van der Waals surface area contributed by atoms with Gasteiger partial charge in [-0.1, -0.05) is 6.07 Å². The molecule has 2 aromatic rings. The highest BCUT2D eigenvalue weighted by atomic mass is 32.1. The van der Waals surface area contributed by atoms with Crippen molar-refractivity contribution in [2.24, 2.45) is 5.84 Å². The van der Waals surface area contributed by atoms with Crippen LogP contribution in [0.3, 0.4) is 0 Å². The van der Waals surface area contributed by atoms with Gasteiger partial charge >= 0.3 is 0 Å². The van der Waals surface area contributed by atoms with E-state index in [1.165, 1.54) is 18.1 Å². The number of nitrogens with two attached hydrogens (primary N) is 1. The van der Waals surface area contributed by atoms with Crippen LogP contribution in [0, 0.1) is 19.7 Å². The van der Waals surface area contributed by atoms with Gasteiger partial charge in [-0.05, 0) is 19.9 Å². The quantitative estimate of drug-likeness (QED) is 0.657. The number of hydrogen-bond acceptors (Lipinski definition) is 5. The molecule has 0 amide bonds. The van der Waals surface area contributed by atoms with Crippen LogP contribution in [-0.2, 0) is 6.42 Å². The summed E-state index contributed by atoms with van der Waals surface area (Å²) in [5, 5.41) is 0.943. The molecule has 0 bridgehead atoms. The molecule has 0 fully saturated rings. The van der Waals surface area contributed by atoms with Gasteiger partial charge in [0.2, 0.25) is 0 Å². The summed E-state index contributed by atoms with van der Waals surface area (Å²) in [4.78, 5) is 5.63. The molecule has 3 N–H and O–H groups in total. The van der Waals surface area contributed by atoms with E-state index in [9.17, 15) is 4.39 Å². The second kappa shape index (κ2) is 6.30. The molecule has 0 radical (unpaired) electrons. The van der Waals surface area contributed by atoms with Crippen molar-refractivity contribution in [3.8, 4) is 5.75 Å². The molecule has 1 heterocycles. The van der Waals surface area contributed by atoms with Crippen molar-refractivity contribution < 1.29 is 9.13 Å². The maximum atomic E-state index is 14.1. The topological polar surface area (TPSA) is 60.2 Å². The summed E-state index contributed by atoms with van der Waals surface area (Å²) in [6.07, 6.45) is 0.555. The number of rotatable bonds is 5. The van der Waals surface area contributed by atoms with E-state index in [0.717, 1.165) is 10.7 Å². The van der Waals surface area contributed by atoms with Crippen LogP contribution >= 0.6 is 11.3 Å². The highest BCUT2D eigenvalue weighted by Crippen LogP contribution is 2.26. The van der Waals surface area contributed by atoms with Gasteiger partial charge in [-0.2, -0.15) is 0 Å². The second-order valence-electron chi connectivity index (χ2n) is 4.56. The summed E-state index contributed by atoms with van der Waals surface area (Å²) in [5.41, 5.74) is 4.18. The Morgan fingerprint density at radius 1 is 1.45 bits per heavy atom. The second-order valence-corrected chi connectivity index (χ2v) is 5.85. The fraction of sp³-hybridized carbons (Fsp3) is 0.357. The molecule has 1 aromatic heterocycles. The van der Waals surface area contributed by atoms with Crippen molar-refractivity contribution in [3.63, 3.8) is 0 Å². The summed E-state index contributed by atoms with van der Waals surface area (Å²) in [7, 11) is 1.51. The lowest BCUT2D eigenvalue weighted by Gasteiger charge is -2.16. The predicted octanol–water partition coefficient (Wildman–Crippen LogP) is 2.65. The Bertz CT molecular complexity index is 581. The molecule has 1 aromatic carbocycles. The molecule has 0 aliphatic carbocycles. The first-order valence-electron chi connectivity index (χ1n) is 6.27. The molecule has 0 aliphatic rings. The Balaban J connectivity index is 2.23. The average Bonchev–Trinajstić information content (AvgIpc) is 2.75. The maximum absolute atomic E-state index is 14.1. The Labute approximate surface area is 121 Å². The molecule has 0 spiro atoms. The number of aromatic nitrogens is 1. The van der Waals surface area contributed by atoms with E-state index in [-0.39, 0.29) is 11.9 Å². The zero-order chi connectivity index (χ0) is 14.7. The molecule has 20 heavy (non-hydrogen) atoms.